The lowest BCUT2D eigenvalue weighted by atomic mass is 10.1. The van der Waals surface area contributed by atoms with Crippen molar-refractivity contribution in [3.05, 3.63) is 59.5 Å². The van der Waals surface area contributed by atoms with E-state index in [9.17, 15) is 4.79 Å². The lowest BCUT2D eigenvalue weighted by Crippen LogP contribution is -2.18. The number of nitrogens with one attached hydrogen (secondary N) is 1. The Morgan fingerprint density at radius 2 is 1.85 bits per heavy atom. The van der Waals surface area contributed by atoms with Gasteiger partial charge in [-0.2, -0.15) is 5.10 Å². The van der Waals surface area contributed by atoms with Crippen LogP contribution in [0.3, 0.4) is 0 Å². The first-order chi connectivity index (χ1) is 9.66. The van der Waals surface area contributed by atoms with E-state index in [1.807, 2.05) is 32.0 Å². The summed E-state index contributed by atoms with van der Waals surface area (Å²) in [7, 11) is 0. The van der Waals surface area contributed by atoms with Gasteiger partial charge >= 0.3 is 0 Å². The molecule has 100 valence electrons. The first kappa shape index (κ1) is 12.3. The van der Waals surface area contributed by atoms with Gasteiger partial charge in [0.2, 0.25) is 0 Å². The Morgan fingerprint density at radius 1 is 1.10 bits per heavy atom. The second-order valence-corrected chi connectivity index (χ2v) is 4.65. The fourth-order valence-electron chi connectivity index (χ4n) is 2.20. The molecule has 0 atom stereocenters. The monoisotopic (exact) mass is 266 g/mol. The maximum atomic E-state index is 12.4. The van der Waals surface area contributed by atoms with E-state index in [-0.39, 0.29) is 5.91 Å². The van der Waals surface area contributed by atoms with Crippen molar-refractivity contribution in [2.24, 2.45) is 0 Å². The summed E-state index contributed by atoms with van der Waals surface area (Å²) < 4.78 is 1.53. The highest BCUT2D eigenvalue weighted by Crippen LogP contribution is 2.20. The number of carbonyl (C=O) groups is 1. The lowest BCUT2D eigenvalue weighted by molar-refractivity contribution is 0.101. The summed E-state index contributed by atoms with van der Waals surface area (Å²) in [6.07, 6.45) is 3.23. The highest BCUT2D eigenvalue weighted by Gasteiger charge is 2.13. The Labute approximate surface area is 116 Å². The standard InChI is InChI=1S/C15H14N4O/c1-10-4-3-5-11(2)14(10)18-15(20)12-6-8-16-13-7-9-17-19(12)13/h3-9H,1-2H3,(H,18,20). The van der Waals surface area contributed by atoms with Crippen LogP contribution >= 0.6 is 0 Å². The molecule has 0 aliphatic rings. The van der Waals surface area contributed by atoms with Crippen LogP contribution in [0, 0.1) is 13.8 Å². The molecule has 3 rings (SSSR count). The lowest BCUT2D eigenvalue weighted by Gasteiger charge is -2.11. The SMILES string of the molecule is Cc1cccc(C)c1NC(=O)c1ccnc2ccnn12. The smallest absolute Gasteiger partial charge is 0.274 e. The zero-order valence-electron chi connectivity index (χ0n) is 11.3. The highest BCUT2D eigenvalue weighted by molar-refractivity contribution is 6.04. The van der Waals surface area contributed by atoms with Gasteiger partial charge in [-0.15, -0.1) is 0 Å². The van der Waals surface area contributed by atoms with Crippen LogP contribution in [0.5, 0.6) is 0 Å². The molecule has 2 heterocycles. The van der Waals surface area contributed by atoms with Crippen molar-refractivity contribution in [3.8, 4) is 0 Å². The summed E-state index contributed by atoms with van der Waals surface area (Å²) in [6.45, 7) is 3.94. The third-order valence-corrected chi connectivity index (χ3v) is 3.24. The van der Waals surface area contributed by atoms with Crippen LogP contribution in [-0.4, -0.2) is 20.5 Å². The van der Waals surface area contributed by atoms with Crippen molar-refractivity contribution in [2.45, 2.75) is 13.8 Å². The molecule has 0 unspecified atom stereocenters. The Kier molecular flexibility index (Phi) is 2.95. The molecule has 3 aromatic rings. The third kappa shape index (κ3) is 2.03. The van der Waals surface area contributed by atoms with Gasteiger partial charge in [0.25, 0.3) is 5.91 Å². The van der Waals surface area contributed by atoms with Crippen LogP contribution in [0.4, 0.5) is 5.69 Å². The molecule has 0 saturated heterocycles. The van der Waals surface area contributed by atoms with Crippen molar-refractivity contribution < 1.29 is 4.79 Å². The minimum atomic E-state index is -0.196. The summed E-state index contributed by atoms with van der Waals surface area (Å²) in [6, 6.07) is 9.33. The zero-order valence-corrected chi connectivity index (χ0v) is 11.3. The van der Waals surface area contributed by atoms with Crippen molar-refractivity contribution in [1.29, 1.82) is 0 Å². The topological polar surface area (TPSA) is 59.3 Å². The quantitative estimate of drug-likeness (QED) is 0.775. The summed E-state index contributed by atoms with van der Waals surface area (Å²) in [5.41, 5.74) is 4.02. The number of rotatable bonds is 2. The van der Waals surface area contributed by atoms with E-state index in [4.69, 9.17) is 0 Å². The molecule has 0 saturated carbocycles. The fourth-order valence-corrected chi connectivity index (χ4v) is 2.20. The average Bonchev–Trinajstić information content (AvgIpc) is 2.91. The van der Waals surface area contributed by atoms with E-state index in [0.29, 0.717) is 11.3 Å². The molecule has 0 aliphatic carbocycles. The summed E-state index contributed by atoms with van der Waals surface area (Å²) in [5, 5.41) is 7.07. The van der Waals surface area contributed by atoms with Gasteiger partial charge < -0.3 is 5.32 Å². The second-order valence-electron chi connectivity index (χ2n) is 4.65. The van der Waals surface area contributed by atoms with E-state index in [1.54, 1.807) is 24.5 Å². The number of nitrogens with zero attached hydrogens (tertiary/aromatic N) is 3. The largest absolute Gasteiger partial charge is 0.320 e. The number of hydrogen-bond acceptors (Lipinski definition) is 3. The number of hydrogen-bond donors (Lipinski definition) is 1. The van der Waals surface area contributed by atoms with Crippen molar-refractivity contribution in [2.75, 3.05) is 5.32 Å². The summed E-state index contributed by atoms with van der Waals surface area (Å²) in [4.78, 5) is 16.6. The van der Waals surface area contributed by atoms with Crippen LogP contribution in [0.15, 0.2) is 42.7 Å². The van der Waals surface area contributed by atoms with Gasteiger partial charge in [0.1, 0.15) is 5.69 Å². The van der Waals surface area contributed by atoms with Crippen molar-refractivity contribution >= 4 is 17.2 Å². The number of fused-ring (bicyclic) bond motifs is 1. The van der Waals surface area contributed by atoms with Gasteiger partial charge in [0.05, 0.1) is 6.20 Å². The van der Waals surface area contributed by atoms with E-state index in [1.165, 1.54) is 4.52 Å². The molecule has 20 heavy (non-hydrogen) atoms. The van der Waals surface area contributed by atoms with Crippen LogP contribution in [0.25, 0.3) is 5.65 Å². The molecule has 5 nitrogen and oxygen atoms in total. The van der Waals surface area contributed by atoms with Crippen LogP contribution < -0.4 is 5.32 Å². The van der Waals surface area contributed by atoms with Gasteiger partial charge in [0, 0.05) is 18.0 Å². The maximum absolute atomic E-state index is 12.4. The number of aromatic nitrogens is 3. The van der Waals surface area contributed by atoms with Crippen LogP contribution in [0.1, 0.15) is 21.6 Å². The number of para-hydroxylation sites is 1. The van der Waals surface area contributed by atoms with Gasteiger partial charge in [0.15, 0.2) is 5.65 Å². The molecular weight excluding hydrogens is 252 g/mol. The molecule has 2 aromatic heterocycles. The van der Waals surface area contributed by atoms with E-state index in [0.717, 1.165) is 16.8 Å². The van der Waals surface area contributed by atoms with Crippen molar-refractivity contribution in [1.82, 2.24) is 14.6 Å². The molecule has 1 amide bonds. The van der Waals surface area contributed by atoms with Crippen LogP contribution in [-0.2, 0) is 0 Å². The Morgan fingerprint density at radius 3 is 2.60 bits per heavy atom. The maximum Gasteiger partial charge on any atom is 0.274 e. The molecule has 0 radical (unpaired) electrons. The Hall–Kier alpha value is -2.69. The molecule has 0 spiro atoms. The predicted molar refractivity (Wildman–Crippen MR) is 76.9 cm³/mol. The van der Waals surface area contributed by atoms with E-state index >= 15 is 0 Å². The summed E-state index contributed by atoms with van der Waals surface area (Å²) in [5.74, 6) is -0.196. The average molecular weight is 266 g/mol. The second kappa shape index (κ2) is 4.77. The number of benzene rings is 1. The molecule has 1 N–H and O–H groups in total. The van der Waals surface area contributed by atoms with Crippen molar-refractivity contribution in [3.63, 3.8) is 0 Å². The summed E-state index contributed by atoms with van der Waals surface area (Å²) >= 11 is 0. The zero-order chi connectivity index (χ0) is 14.1. The van der Waals surface area contributed by atoms with Crippen LogP contribution in [0.2, 0.25) is 0 Å². The molecule has 0 bridgehead atoms. The van der Waals surface area contributed by atoms with E-state index in [2.05, 4.69) is 15.4 Å². The number of aryl methyl sites for hydroxylation is 2. The Balaban J connectivity index is 2.00. The predicted octanol–water partition coefficient (Wildman–Crippen LogP) is 2.60. The minimum Gasteiger partial charge on any atom is -0.320 e. The first-order valence-electron chi connectivity index (χ1n) is 6.33. The Bertz CT molecular complexity index is 771. The van der Waals surface area contributed by atoms with Gasteiger partial charge in [-0.25, -0.2) is 9.50 Å². The third-order valence-electron chi connectivity index (χ3n) is 3.24. The van der Waals surface area contributed by atoms with Gasteiger partial charge in [-0.1, -0.05) is 18.2 Å². The number of amides is 1. The minimum absolute atomic E-state index is 0.196. The first-order valence-corrected chi connectivity index (χ1v) is 6.33. The molecule has 1 aromatic carbocycles. The highest BCUT2D eigenvalue weighted by atomic mass is 16.2. The molecular formula is C15H14N4O. The number of carbonyl (C=O) groups excluding carboxylic acids is 1. The van der Waals surface area contributed by atoms with Gasteiger partial charge in [-0.3, -0.25) is 4.79 Å². The number of anilines is 1. The molecule has 0 aliphatic heterocycles. The normalized spacial score (nSPS) is 10.7. The van der Waals surface area contributed by atoms with Gasteiger partial charge in [-0.05, 0) is 31.0 Å². The molecule has 0 fully saturated rings. The molecule has 5 heteroatoms. The van der Waals surface area contributed by atoms with E-state index < -0.39 is 0 Å². The fraction of sp³-hybridized carbons (Fsp3) is 0.133.